The predicted octanol–water partition coefficient (Wildman–Crippen LogP) is 4.65. The van der Waals surface area contributed by atoms with E-state index in [0.29, 0.717) is 5.92 Å². The highest BCUT2D eigenvalue weighted by molar-refractivity contribution is 5.59. The van der Waals surface area contributed by atoms with Gasteiger partial charge >= 0.3 is 0 Å². The average Bonchev–Trinajstić information content (AvgIpc) is 2.42. The van der Waals surface area contributed by atoms with Gasteiger partial charge in [0.1, 0.15) is 0 Å². The lowest BCUT2D eigenvalue weighted by atomic mass is 9.93. The van der Waals surface area contributed by atoms with E-state index in [0.717, 1.165) is 5.69 Å². The highest BCUT2D eigenvalue weighted by atomic mass is 14.7. The zero-order chi connectivity index (χ0) is 12.1. The summed E-state index contributed by atoms with van der Waals surface area (Å²) in [6.45, 7) is 4.49. The molecule has 0 spiro atoms. The smallest absolute Gasteiger partial charge is 0.0704 e. The molecule has 0 saturated heterocycles. The van der Waals surface area contributed by atoms with Crippen molar-refractivity contribution in [2.75, 3.05) is 0 Å². The van der Waals surface area contributed by atoms with E-state index in [9.17, 15) is 0 Å². The molecule has 1 aromatic heterocycles. The van der Waals surface area contributed by atoms with Crippen LogP contribution in [0.4, 0.5) is 0 Å². The van der Waals surface area contributed by atoms with Gasteiger partial charge in [-0.25, -0.2) is 0 Å². The van der Waals surface area contributed by atoms with Gasteiger partial charge in [-0.1, -0.05) is 44.2 Å². The molecule has 0 aliphatic rings. The third-order valence-corrected chi connectivity index (χ3v) is 3.31. The van der Waals surface area contributed by atoms with Gasteiger partial charge < -0.3 is 0 Å². The van der Waals surface area contributed by atoms with Crippen molar-refractivity contribution in [1.82, 2.24) is 4.98 Å². The standard InChI is InChI=1S/C16H19N/c1-3-13(4-2)15-10-11-17-16(12-15)14-8-6-5-7-9-14/h5-13H,3-4H2,1-2H3. The molecule has 2 aromatic rings. The Morgan fingerprint density at radius 2 is 1.71 bits per heavy atom. The molecule has 0 amide bonds. The fourth-order valence-corrected chi connectivity index (χ4v) is 2.23. The predicted molar refractivity (Wildman–Crippen MR) is 73.0 cm³/mol. The Morgan fingerprint density at radius 1 is 1.00 bits per heavy atom. The lowest BCUT2D eigenvalue weighted by molar-refractivity contribution is 0.641. The van der Waals surface area contributed by atoms with Gasteiger partial charge in [-0.15, -0.1) is 0 Å². The summed E-state index contributed by atoms with van der Waals surface area (Å²) in [7, 11) is 0. The van der Waals surface area contributed by atoms with Crippen LogP contribution >= 0.6 is 0 Å². The van der Waals surface area contributed by atoms with Gasteiger partial charge in [0.05, 0.1) is 5.69 Å². The van der Waals surface area contributed by atoms with Crippen molar-refractivity contribution in [2.45, 2.75) is 32.6 Å². The van der Waals surface area contributed by atoms with Gasteiger partial charge in [-0.2, -0.15) is 0 Å². The molecule has 88 valence electrons. The lowest BCUT2D eigenvalue weighted by Gasteiger charge is -2.13. The molecule has 0 atom stereocenters. The number of aromatic nitrogens is 1. The summed E-state index contributed by atoms with van der Waals surface area (Å²) in [5.74, 6) is 0.653. The molecule has 0 unspecified atom stereocenters. The number of benzene rings is 1. The topological polar surface area (TPSA) is 12.9 Å². The SMILES string of the molecule is CCC(CC)c1ccnc(-c2ccccc2)c1. The van der Waals surface area contributed by atoms with Crippen molar-refractivity contribution < 1.29 is 0 Å². The van der Waals surface area contributed by atoms with E-state index < -0.39 is 0 Å². The first kappa shape index (κ1) is 11.8. The van der Waals surface area contributed by atoms with Crippen molar-refractivity contribution >= 4 is 0 Å². The van der Waals surface area contributed by atoms with Crippen LogP contribution in [-0.4, -0.2) is 4.98 Å². The molecular formula is C16H19N. The van der Waals surface area contributed by atoms with Crippen molar-refractivity contribution in [3.8, 4) is 11.3 Å². The van der Waals surface area contributed by atoms with Crippen LogP contribution < -0.4 is 0 Å². The van der Waals surface area contributed by atoms with E-state index in [2.05, 4.69) is 55.2 Å². The zero-order valence-corrected chi connectivity index (χ0v) is 10.6. The van der Waals surface area contributed by atoms with E-state index in [-0.39, 0.29) is 0 Å². The first-order chi connectivity index (χ1) is 8.35. The van der Waals surface area contributed by atoms with Crippen molar-refractivity contribution in [3.05, 3.63) is 54.2 Å². The summed E-state index contributed by atoms with van der Waals surface area (Å²) in [6, 6.07) is 14.7. The lowest BCUT2D eigenvalue weighted by Crippen LogP contribution is -1.96. The summed E-state index contributed by atoms with van der Waals surface area (Å²) in [5, 5.41) is 0. The quantitative estimate of drug-likeness (QED) is 0.738. The Hall–Kier alpha value is -1.63. The number of hydrogen-bond donors (Lipinski definition) is 0. The largest absolute Gasteiger partial charge is 0.256 e. The van der Waals surface area contributed by atoms with Crippen LogP contribution in [0.1, 0.15) is 38.2 Å². The first-order valence-corrected chi connectivity index (χ1v) is 6.36. The van der Waals surface area contributed by atoms with Gasteiger partial charge in [0, 0.05) is 11.8 Å². The highest BCUT2D eigenvalue weighted by Gasteiger charge is 2.08. The molecule has 0 fully saturated rings. The van der Waals surface area contributed by atoms with Crippen molar-refractivity contribution in [2.24, 2.45) is 0 Å². The van der Waals surface area contributed by atoms with Crippen LogP contribution in [-0.2, 0) is 0 Å². The Balaban J connectivity index is 2.35. The van der Waals surface area contributed by atoms with E-state index in [1.54, 1.807) is 0 Å². The summed E-state index contributed by atoms with van der Waals surface area (Å²) in [5.41, 5.74) is 3.68. The van der Waals surface area contributed by atoms with Crippen LogP contribution in [0.25, 0.3) is 11.3 Å². The number of nitrogens with zero attached hydrogens (tertiary/aromatic N) is 1. The first-order valence-electron chi connectivity index (χ1n) is 6.36. The molecule has 1 heteroatoms. The molecule has 1 nitrogen and oxygen atoms in total. The van der Waals surface area contributed by atoms with E-state index in [1.165, 1.54) is 24.0 Å². The Kier molecular flexibility index (Phi) is 3.92. The third kappa shape index (κ3) is 2.73. The second-order valence-corrected chi connectivity index (χ2v) is 4.35. The maximum Gasteiger partial charge on any atom is 0.0704 e. The van der Waals surface area contributed by atoms with Crippen molar-refractivity contribution in [1.29, 1.82) is 0 Å². The van der Waals surface area contributed by atoms with Crippen molar-refractivity contribution in [3.63, 3.8) is 0 Å². The van der Waals surface area contributed by atoms with E-state index in [1.807, 2.05) is 12.3 Å². The van der Waals surface area contributed by atoms with Gasteiger partial charge in [-0.05, 0) is 36.5 Å². The highest BCUT2D eigenvalue weighted by Crippen LogP contribution is 2.26. The minimum Gasteiger partial charge on any atom is -0.256 e. The van der Waals surface area contributed by atoms with Gasteiger partial charge in [0.2, 0.25) is 0 Å². The minimum absolute atomic E-state index is 0.653. The summed E-state index contributed by atoms with van der Waals surface area (Å²) in [4.78, 5) is 4.46. The van der Waals surface area contributed by atoms with Crippen LogP contribution in [0.5, 0.6) is 0 Å². The Bertz CT molecular complexity index is 458. The van der Waals surface area contributed by atoms with Crippen LogP contribution in [0, 0.1) is 0 Å². The van der Waals surface area contributed by atoms with Crippen LogP contribution in [0.15, 0.2) is 48.7 Å². The third-order valence-electron chi connectivity index (χ3n) is 3.31. The fourth-order valence-electron chi connectivity index (χ4n) is 2.23. The second kappa shape index (κ2) is 5.62. The average molecular weight is 225 g/mol. The summed E-state index contributed by atoms with van der Waals surface area (Å²) < 4.78 is 0. The Labute approximate surface area is 104 Å². The Morgan fingerprint density at radius 3 is 2.35 bits per heavy atom. The minimum atomic E-state index is 0.653. The maximum absolute atomic E-state index is 4.46. The molecule has 0 saturated carbocycles. The molecule has 1 heterocycles. The number of pyridine rings is 1. The summed E-state index contributed by atoms with van der Waals surface area (Å²) >= 11 is 0. The van der Waals surface area contributed by atoms with Gasteiger partial charge in [0.15, 0.2) is 0 Å². The van der Waals surface area contributed by atoms with Gasteiger partial charge in [-0.3, -0.25) is 4.98 Å². The molecular weight excluding hydrogens is 206 g/mol. The normalized spacial score (nSPS) is 10.8. The van der Waals surface area contributed by atoms with Gasteiger partial charge in [0.25, 0.3) is 0 Å². The molecule has 0 aliphatic heterocycles. The molecule has 0 bridgehead atoms. The molecule has 0 radical (unpaired) electrons. The second-order valence-electron chi connectivity index (χ2n) is 4.35. The molecule has 1 aromatic carbocycles. The molecule has 2 rings (SSSR count). The number of hydrogen-bond acceptors (Lipinski definition) is 1. The van der Waals surface area contributed by atoms with E-state index in [4.69, 9.17) is 0 Å². The van der Waals surface area contributed by atoms with Crippen LogP contribution in [0.2, 0.25) is 0 Å². The zero-order valence-electron chi connectivity index (χ0n) is 10.6. The molecule has 0 N–H and O–H groups in total. The molecule has 17 heavy (non-hydrogen) atoms. The summed E-state index contributed by atoms with van der Waals surface area (Å²) in [6.07, 6.45) is 4.31. The maximum atomic E-state index is 4.46. The number of rotatable bonds is 4. The fraction of sp³-hybridized carbons (Fsp3) is 0.312. The van der Waals surface area contributed by atoms with Crippen LogP contribution in [0.3, 0.4) is 0 Å². The molecule has 0 aliphatic carbocycles. The van der Waals surface area contributed by atoms with E-state index >= 15 is 0 Å². The monoisotopic (exact) mass is 225 g/mol.